The maximum Gasteiger partial charge on any atom is 0.328 e. The Labute approximate surface area is 182 Å². The molecule has 6 nitrogen and oxygen atoms in total. The SMILES string of the molecule is CCC(CC)CN(Cc1c(F)cccc1Cl)C1CCNCC1.O=C(O)/C=C/C(=O)O. The second-order valence-electron chi connectivity index (χ2n) is 7.30. The Morgan fingerprint density at radius 1 is 1.20 bits per heavy atom. The van der Waals surface area contributed by atoms with E-state index >= 15 is 0 Å². The smallest absolute Gasteiger partial charge is 0.328 e. The molecule has 3 N–H and O–H groups in total. The zero-order valence-electron chi connectivity index (χ0n) is 17.6. The molecule has 168 valence electrons. The van der Waals surface area contributed by atoms with Gasteiger partial charge in [-0.25, -0.2) is 14.0 Å². The fourth-order valence-electron chi connectivity index (χ4n) is 3.42. The van der Waals surface area contributed by atoms with Gasteiger partial charge in [0.2, 0.25) is 0 Å². The van der Waals surface area contributed by atoms with Gasteiger partial charge in [-0.05, 0) is 44.0 Å². The van der Waals surface area contributed by atoms with Crippen LogP contribution in [0.3, 0.4) is 0 Å². The van der Waals surface area contributed by atoms with Crippen molar-refractivity contribution in [2.45, 2.75) is 52.1 Å². The summed E-state index contributed by atoms with van der Waals surface area (Å²) < 4.78 is 14.2. The van der Waals surface area contributed by atoms with Crippen molar-refractivity contribution in [3.8, 4) is 0 Å². The lowest BCUT2D eigenvalue weighted by molar-refractivity contribution is -0.134. The number of carbonyl (C=O) groups is 2. The standard InChI is InChI=1S/C18H28ClFN2.C4H4O4/c1-3-14(4-2)12-22(15-8-10-21-11-9-15)13-16-17(19)6-5-7-18(16)20;5-3(6)1-2-4(7)8/h5-7,14-15,21H,3-4,8-13H2,1-2H3;1-2H,(H,5,6)(H,7,8)/b;2-1+. The number of carboxylic acid groups (broad SMARTS) is 2. The fraction of sp³-hybridized carbons (Fsp3) is 0.545. The molecule has 0 aliphatic carbocycles. The largest absolute Gasteiger partial charge is 0.478 e. The first-order chi connectivity index (χ1) is 14.3. The van der Waals surface area contributed by atoms with Crippen molar-refractivity contribution < 1.29 is 24.2 Å². The van der Waals surface area contributed by atoms with Gasteiger partial charge in [0, 0.05) is 41.9 Å². The molecule has 0 aromatic heterocycles. The van der Waals surface area contributed by atoms with Gasteiger partial charge < -0.3 is 15.5 Å². The van der Waals surface area contributed by atoms with Crippen LogP contribution >= 0.6 is 11.6 Å². The van der Waals surface area contributed by atoms with E-state index in [1.165, 1.54) is 18.9 Å². The van der Waals surface area contributed by atoms with Gasteiger partial charge >= 0.3 is 11.9 Å². The molecule has 1 aliphatic rings. The molecule has 0 spiro atoms. The molecule has 1 aliphatic heterocycles. The van der Waals surface area contributed by atoms with Gasteiger partial charge in [0.1, 0.15) is 5.82 Å². The summed E-state index contributed by atoms with van der Waals surface area (Å²) in [4.78, 5) is 21.6. The molecule has 0 bridgehead atoms. The number of nitrogens with zero attached hydrogens (tertiary/aromatic N) is 1. The number of piperidine rings is 1. The Hall–Kier alpha value is -1.96. The number of hydrogen-bond donors (Lipinski definition) is 3. The lowest BCUT2D eigenvalue weighted by atomic mass is 9.98. The van der Waals surface area contributed by atoms with E-state index in [4.69, 9.17) is 21.8 Å². The van der Waals surface area contributed by atoms with Gasteiger partial charge in [-0.15, -0.1) is 0 Å². The van der Waals surface area contributed by atoms with Crippen LogP contribution in [0.4, 0.5) is 4.39 Å². The van der Waals surface area contributed by atoms with Crippen molar-refractivity contribution in [2.24, 2.45) is 5.92 Å². The van der Waals surface area contributed by atoms with Crippen LogP contribution in [-0.2, 0) is 16.1 Å². The first kappa shape index (κ1) is 26.1. The average molecular weight is 443 g/mol. The Balaban J connectivity index is 0.000000479. The minimum Gasteiger partial charge on any atom is -0.478 e. The van der Waals surface area contributed by atoms with E-state index in [2.05, 4.69) is 24.1 Å². The Morgan fingerprint density at radius 2 is 1.77 bits per heavy atom. The summed E-state index contributed by atoms with van der Waals surface area (Å²) in [5.41, 5.74) is 0.647. The highest BCUT2D eigenvalue weighted by Crippen LogP contribution is 2.25. The molecule has 1 saturated heterocycles. The summed E-state index contributed by atoms with van der Waals surface area (Å²) in [6.45, 7) is 8.23. The summed E-state index contributed by atoms with van der Waals surface area (Å²) in [6.07, 6.45) is 5.72. The fourth-order valence-corrected chi connectivity index (χ4v) is 3.64. The van der Waals surface area contributed by atoms with Crippen molar-refractivity contribution in [2.75, 3.05) is 19.6 Å². The molecule has 30 heavy (non-hydrogen) atoms. The number of aliphatic carboxylic acids is 2. The summed E-state index contributed by atoms with van der Waals surface area (Å²) in [5.74, 6) is -2.03. The van der Waals surface area contributed by atoms with Crippen LogP contribution in [-0.4, -0.2) is 52.7 Å². The zero-order chi connectivity index (χ0) is 22.5. The van der Waals surface area contributed by atoms with Gasteiger partial charge in [0.15, 0.2) is 0 Å². The maximum absolute atomic E-state index is 14.2. The summed E-state index contributed by atoms with van der Waals surface area (Å²) in [5, 5.41) is 19.6. The van der Waals surface area contributed by atoms with Crippen LogP contribution in [0, 0.1) is 11.7 Å². The van der Waals surface area contributed by atoms with Crippen LogP contribution in [0.2, 0.25) is 5.02 Å². The predicted molar refractivity (Wildman–Crippen MR) is 116 cm³/mol. The van der Waals surface area contributed by atoms with E-state index in [1.54, 1.807) is 12.1 Å². The molecular weight excluding hydrogens is 411 g/mol. The number of benzene rings is 1. The van der Waals surface area contributed by atoms with Crippen LogP contribution in [0.15, 0.2) is 30.4 Å². The van der Waals surface area contributed by atoms with Crippen molar-refractivity contribution in [3.05, 3.63) is 46.8 Å². The third kappa shape index (κ3) is 9.69. The van der Waals surface area contributed by atoms with E-state index in [0.29, 0.717) is 41.2 Å². The number of rotatable bonds is 9. The molecule has 1 aromatic carbocycles. The first-order valence-electron chi connectivity index (χ1n) is 10.3. The normalized spacial score (nSPS) is 14.7. The van der Waals surface area contributed by atoms with E-state index in [1.807, 2.05) is 0 Å². The molecule has 0 atom stereocenters. The number of hydrogen-bond acceptors (Lipinski definition) is 4. The van der Waals surface area contributed by atoms with Crippen LogP contribution < -0.4 is 5.32 Å². The molecule has 0 unspecified atom stereocenters. The molecular formula is C22H32ClFN2O4. The molecule has 0 radical (unpaired) electrons. The lowest BCUT2D eigenvalue weighted by Gasteiger charge is -2.37. The number of halogens is 2. The van der Waals surface area contributed by atoms with Crippen molar-refractivity contribution in [1.29, 1.82) is 0 Å². The van der Waals surface area contributed by atoms with Crippen molar-refractivity contribution >= 4 is 23.5 Å². The quantitative estimate of drug-likeness (QED) is 0.497. The lowest BCUT2D eigenvalue weighted by Crippen LogP contribution is -2.44. The molecule has 1 heterocycles. The highest BCUT2D eigenvalue weighted by Gasteiger charge is 2.24. The first-order valence-corrected chi connectivity index (χ1v) is 10.7. The molecule has 0 saturated carbocycles. The maximum atomic E-state index is 14.2. The topological polar surface area (TPSA) is 89.9 Å². The summed E-state index contributed by atoms with van der Waals surface area (Å²) in [6, 6.07) is 5.51. The molecule has 1 aromatic rings. The van der Waals surface area contributed by atoms with Gasteiger partial charge in [-0.3, -0.25) is 4.90 Å². The Bertz CT molecular complexity index is 668. The minimum absolute atomic E-state index is 0.184. The van der Waals surface area contributed by atoms with Crippen LogP contribution in [0.25, 0.3) is 0 Å². The predicted octanol–water partition coefficient (Wildman–Crippen LogP) is 4.18. The van der Waals surface area contributed by atoms with Crippen LogP contribution in [0.5, 0.6) is 0 Å². The number of carboxylic acids is 2. The third-order valence-corrected chi connectivity index (χ3v) is 5.62. The second kappa shape index (κ2) is 14.1. The highest BCUT2D eigenvalue weighted by molar-refractivity contribution is 6.31. The van der Waals surface area contributed by atoms with E-state index in [-0.39, 0.29) is 5.82 Å². The third-order valence-electron chi connectivity index (χ3n) is 5.26. The highest BCUT2D eigenvalue weighted by atomic mass is 35.5. The van der Waals surface area contributed by atoms with Crippen molar-refractivity contribution in [1.82, 2.24) is 10.2 Å². The van der Waals surface area contributed by atoms with Crippen LogP contribution in [0.1, 0.15) is 45.1 Å². The Kier molecular flexibility index (Phi) is 12.3. The summed E-state index contributed by atoms with van der Waals surface area (Å²) >= 11 is 6.24. The van der Waals surface area contributed by atoms with Gasteiger partial charge in [0.05, 0.1) is 0 Å². The molecule has 2 rings (SSSR count). The minimum atomic E-state index is -1.26. The monoisotopic (exact) mass is 442 g/mol. The van der Waals surface area contributed by atoms with E-state index < -0.39 is 11.9 Å². The zero-order valence-corrected chi connectivity index (χ0v) is 18.4. The molecule has 8 heteroatoms. The average Bonchev–Trinajstić information content (AvgIpc) is 2.73. The summed E-state index contributed by atoms with van der Waals surface area (Å²) in [7, 11) is 0. The van der Waals surface area contributed by atoms with Gasteiger partial charge in [-0.1, -0.05) is 44.4 Å². The molecule has 0 amide bonds. The van der Waals surface area contributed by atoms with Gasteiger partial charge in [0.25, 0.3) is 0 Å². The Morgan fingerprint density at radius 3 is 2.23 bits per heavy atom. The van der Waals surface area contributed by atoms with E-state index in [0.717, 1.165) is 32.5 Å². The molecule has 1 fully saturated rings. The van der Waals surface area contributed by atoms with E-state index in [9.17, 15) is 14.0 Å². The van der Waals surface area contributed by atoms with Crippen molar-refractivity contribution in [3.63, 3.8) is 0 Å². The van der Waals surface area contributed by atoms with Gasteiger partial charge in [-0.2, -0.15) is 0 Å². The second-order valence-corrected chi connectivity index (χ2v) is 7.71. The number of nitrogens with one attached hydrogen (secondary N) is 1.